The zero-order valence-electron chi connectivity index (χ0n) is 12.9. The molecule has 0 unspecified atom stereocenters. The summed E-state index contributed by atoms with van der Waals surface area (Å²) in [7, 11) is 1.69. The lowest BCUT2D eigenvalue weighted by atomic mass is 10.1. The van der Waals surface area contributed by atoms with Gasteiger partial charge in [-0.25, -0.2) is 4.39 Å². The molecule has 2 rings (SSSR count). The molecule has 0 radical (unpaired) electrons. The van der Waals surface area contributed by atoms with Gasteiger partial charge in [-0.15, -0.1) is 0 Å². The maximum Gasteiger partial charge on any atom is 0.227 e. The number of hydrogen-bond donors (Lipinski definition) is 0. The second-order valence-electron chi connectivity index (χ2n) is 5.07. The third-order valence-corrected chi connectivity index (χ3v) is 3.46. The van der Waals surface area contributed by atoms with Gasteiger partial charge in [0, 0.05) is 12.6 Å². The van der Waals surface area contributed by atoms with Crippen LogP contribution in [0.25, 0.3) is 0 Å². The van der Waals surface area contributed by atoms with Gasteiger partial charge in [0.25, 0.3) is 0 Å². The topological polar surface area (TPSA) is 55.6 Å². The number of para-hydroxylation sites is 1. The van der Waals surface area contributed by atoms with Gasteiger partial charge in [-0.05, 0) is 26.0 Å². The zero-order chi connectivity index (χ0) is 16.1. The molecule has 6 heteroatoms. The molecule has 5 nitrogen and oxygen atoms in total. The number of benzene rings is 1. The molecule has 1 amide bonds. The summed E-state index contributed by atoms with van der Waals surface area (Å²) in [5.74, 6) is 0.370. The molecular formula is C16H19FN2O3. The Hall–Kier alpha value is -2.37. The van der Waals surface area contributed by atoms with Crippen LogP contribution in [0, 0.1) is 19.7 Å². The molecule has 0 aliphatic rings. The van der Waals surface area contributed by atoms with E-state index in [9.17, 15) is 9.18 Å². The van der Waals surface area contributed by atoms with Crippen LogP contribution in [-0.2, 0) is 11.2 Å². The van der Waals surface area contributed by atoms with E-state index < -0.39 is 5.82 Å². The van der Waals surface area contributed by atoms with Gasteiger partial charge in [0.05, 0.1) is 18.7 Å². The van der Waals surface area contributed by atoms with Crippen LogP contribution in [-0.4, -0.2) is 36.2 Å². The summed E-state index contributed by atoms with van der Waals surface area (Å²) in [5.41, 5.74) is 1.54. The second kappa shape index (κ2) is 7.06. The minimum atomic E-state index is -0.410. The predicted molar refractivity (Wildman–Crippen MR) is 79.2 cm³/mol. The number of halogens is 1. The minimum absolute atomic E-state index is 0.0634. The van der Waals surface area contributed by atoms with Crippen molar-refractivity contribution in [3.63, 3.8) is 0 Å². The van der Waals surface area contributed by atoms with Crippen molar-refractivity contribution in [3.05, 3.63) is 47.1 Å². The SMILES string of the molecule is Cc1noc(C)c1CC(=O)N(C)CCOc1ccccc1F. The third-order valence-electron chi connectivity index (χ3n) is 3.46. The lowest BCUT2D eigenvalue weighted by molar-refractivity contribution is -0.129. The van der Waals surface area contributed by atoms with Crippen LogP contribution in [0.2, 0.25) is 0 Å². The number of aryl methyl sites for hydroxylation is 2. The summed E-state index contributed by atoms with van der Waals surface area (Å²) >= 11 is 0. The lowest BCUT2D eigenvalue weighted by Gasteiger charge is -2.17. The highest BCUT2D eigenvalue weighted by Gasteiger charge is 2.16. The molecule has 0 atom stereocenters. The number of likely N-dealkylation sites (N-methyl/N-ethyl adjacent to an activating group) is 1. The number of rotatable bonds is 6. The van der Waals surface area contributed by atoms with Crippen molar-refractivity contribution in [1.82, 2.24) is 10.1 Å². The molecule has 1 aromatic heterocycles. The molecular weight excluding hydrogens is 287 g/mol. The molecule has 22 heavy (non-hydrogen) atoms. The van der Waals surface area contributed by atoms with Crippen molar-refractivity contribution >= 4 is 5.91 Å². The fraction of sp³-hybridized carbons (Fsp3) is 0.375. The van der Waals surface area contributed by atoms with Crippen molar-refractivity contribution in [1.29, 1.82) is 0 Å². The molecule has 1 heterocycles. The summed E-state index contributed by atoms with van der Waals surface area (Å²) in [6.07, 6.45) is 0.233. The number of ether oxygens (including phenoxy) is 1. The Bertz CT molecular complexity index is 635. The van der Waals surface area contributed by atoms with Gasteiger partial charge in [0.15, 0.2) is 11.6 Å². The van der Waals surface area contributed by atoms with Gasteiger partial charge in [0.1, 0.15) is 12.4 Å². The molecule has 1 aromatic carbocycles. The fourth-order valence-electron chi connectivity index (χ4n) is 2.02. The summed E-state index contributed by atoms with van der Waals surface area (Å²) in [5, 5.41) is 3.83. The van der Waals surface area contributed by atoms with Gasteiger partial charge in [-0.3, -0.25) is 4.79 Å². The van der Waals surface area contributed by atoms with Gasteiger partial charge >= 0.3 is 0 Å². The Morgan fingerprint density at radius 1 is 1.36 bits per heavy atom. The summed E-state index contributed by atoms with van der Waals surface area (Å²) in [6.45, 7) is 4.19. The Morgan fingerprint density at radius 2 is 2.09 bits per heavy atom. The molecule has 118 valence electrons. The standard InChI is InChI=1S/C16H19FN2O3/c1-11-13(12(2)22-18-11)10-16(20)19(3)8-9-21-15-7-5-4-6-14(15)17/h4-7H,8-10H2,1-3H3. The van der Waals surface area contributed by atoms with Crippen LogP contribution in [0.4, 0.5) is 4.39 Å². The second-order valence-corrected chi connectivity index (χ2v) is 5.07. The highest BCUT2D eigenvalue weighted by atomic mass is 19.1. The van der Waals surface area contributed by atoms with E-state index in [1.54, 1.807) is 44.0 Å². The van der Waals surface area contributed by atoms with Gasteiger partial charge in [0.2, 0.25) is 5.91 Å². The van der Waals surface area contributed by atoms with Crippen LogP contribution < -0.4 is 4.74 Å². The summed E-state index contributed by atoms with van der Waals surface area (Å²) < 4.78 is 23.8. The van der Waals surface area contributed by atoms with Gasteiger partial charge in [-0.2, -0.15) is 0 Å². The molecule has 0 fully saturated rings. The molecule has 0 N–H and O–H groups in total. The van der Waals surface area contributed by atoms with Gasteiger partial charge < -0.3 is 14.2 Å². The average Bonchev–Trinajstić information content (AvgIpc) is 2.81. The molecule has 0 saturated heterocycles. The van der Waals surface area contributed by atoms with Crippen molar-refractivity contribution in [2.45, 2.75) is 20.3 Å². The maximum atomic E-state index is 13.4. The van der Waals surface area contributed by atoms with Gasteiger partial charge in [-0.1, -0.05) is 17.3 Å². The first-order chi connectivity index (χ1) is 10.5. The number of amides is 1. The van der Waals surface area contributed by atoms with Crippen LogP contribution >= 0.6 is 0 Å². The smallest absolute Gasteiger partial charge is 0.227 e. The van der Waals surface area contributed by atoms with Crippen LogP contribution in [0.1, 0.15) is 17.0 Å². The van der Waals surface area contributed by atoms with Crippen LogP contribution in [0.15, 0.2) is 28.8 Å². The average molecular weight is 306 g/mol. The molecule has 0 aliphatic carbocycles. The van der Waals surface area contributed by atoms with E-state index >= 15 is 0 Å². The highest BCUT2D eigenvalue weighted by Crippen LogP contribution is 2.16. The van der Waals surface area contributed by atoms with E-state index in [0.29, 0.717) is 12.3 Å². The number of hydrogen-bond acceptors (Lipinski definition) is 4. The van der Waals surface area contributed by atoms with E-state index in [-0.39, 0.29) is 24.7 Å². The fourth-order valence-corrected chi connectivity index (χ4v) is 2.02. The molecule has 2 aromatic rings. The molecule has 0 aliphatic heterocycles. The largest absolute Gasteiger partial charge is 0.489 e. The minimum Gasteiger partial charge on any atom is -0.489 e. The number of carbonyl (C=O) groups is 1. The van der Waals surface area contributed by atoms with Crippen molar-refractivity contribution < 1.29 is 18.4 Å². The third kappa shape index (κ3) is 3.84. The predicted octanol–water partition coefficient (Wildman–Crippen LogP) is 2.51. The van der Waals surface area contributed by atoms with Crippen molar-refractivity contribution in [3.8, 4) is 5.75 Å². The first-order valence-corrected chi connectivity index (χ1v) is 7.02. The molecule has 0 spiro atoms. The first-order valence-electron chi connectivity index (χ1n) is 7.02. The number of aromatic nitrogens is 1. The highest BCUT2D eigenvalue weighted by molar-refractivity contribution is 5.78. The quantitative estimate of drug-likeness (QED) is 0.823. The van der Waals surface area contributed by atoms with E-state index in [1.807, 2.05) is 0 Å². The molecule has 0 bridgehead atoms. The van der Waals surface area contributed by atoms with E-state index in [0.717, 1.165) is 11.3 Å². The van der Waals surface area contributed by atoms with E-state index in [4.69, 9.17) is 9.26 Å². The lowest BCUT2D eigenvalue weighted by Crippen LogP contribution is -2.32. The normalized spacial score (nSPS) is 10.5. The Morgan fingerprint density at radius 3 is 2.73 bits per heavy atom. The summed E-state index contributed by atoms with van der Waals surface area (Å²) in [6, 6.07) is 6.19. The zero-order valence-corrected chi connectivity index (χ0v) is 12.9. The van der Waals surface area contributed by atoms with Crippen LogP contribution in [0.3, 0.4) is 0 Å². The summed E-state index contributed by atoms with van der Waals surface area (Å²) in [4.78, 5) is 13.7. The van der Waals surface area contributed by atoms with Crippen molar-refractivity contribution in [2.75, 3.05) is 20.2 Å². The van der Waals surface area contributed by atoms with Crippen molar-refractivity contribution in [2.24, 2.45) is 0 Å². The number of nitrogens with zero attached hydrogens (tertiary/aromatic N) is 2. The van der Waals surface area contributed by atoms with E-state index in [2.05, 4.69) is 5.16 Å². The Labute approximate surface area is 128 Å². The van der Waals surface area contributed by atoms with E-state index in [1.165, 1.54) is 6.07 Å². The maximum absolute atomic E-state index is 13.4. The number of carbonyl (C=O) groups excluding carboxylic acids is 1. The molecule has 0 saturated carbocycles. The Kier molecular flexibility index (Phi) is 5.14. The first kappa shape index (κ1) is 16.0. The monoisotopic (exact) mass is 306 g/mol. The Balaban J connectivity index is 1.83. The van der Waals surface area contributed by atoms with Crippen LogP contribution in [0.5, 0.6) is 5.75 Å².